The van der Waals surface area contributed by atoms with Gasteiger partial charge >= 0.3 is 6.09 Å². The summed E-state index contributed by atoms with van der Waals surface area (Å²) in [6, 6.07) is -0.462. The standard InChI is InChI=1S/C18H32N2O4/c1-18(2,3)24-17(23)20-12-14(21)11-15(20)16(22)19-13-9-7-5-4-6-8-10-13/h13-15,21H,4-12H2,1-3H3,(H,19,22)/t14-,15-/m1/s1. The highest BCUT2D eigenvalue weighted by molar-refractivity contribution is 5.86. The average Bonchev–Trinajstić information content (AvgIpc) is 2.82. The van der Waals surface area contributed by atoms with E-state index in [9.17, 15) is 14.7 Å². The highest BCUT2D eigenvalue weighted by atomic mass is 16.6. The molecule has 1 heterocycles. The van der Waals surface area contributed by atoms with Crippen molar-refractivity contribution in [2.45, 2.75) is 95.9 Å². The highest BCUT2D eigenvalue weighted by Crippen LogP contribution is 2.23. The van der Waals surface area contributed by atoms with Gasteiger partial charge in [-0.2, -0.15) is 0 Å². The third-order valence-electron chi connectivity index (χ3n) is 4.66. The van der Waals surface area contributed by atoms with Crippen LogP contribution in [0.2, 0.25) is 0 Å². The third-order valence-corrected chi connectivity index (χ3v) is 4.66. The second kappa shape index (κ2) is 8.19. The summed E-state index contributed by atoms with van der Waals surface area (Å²) in [5, 5.41) is 13.0. The Morgan fingerprint density at radius 2 is 1.67 bits per heavy atom. The molecule has 0 aromatic heterocycles. The average molecular weight is 340 g/mol. The molecule has 0 unspecified atom stereocenters. The number of rotatable bonds is 2. The summed E-state index contributed by atoms with van der Waals surface area (Å²) in [5.41, 5.74) is -0.620. The number of aliphatic hydroxyl groups excluding tert-OH is 1. The number of carbonyl (C=O) groups excluding carboxylic acids is 2. The Hall–Kier alpha value is -1.30. The van der Waals surface area contributed by atoms with Crippen LogP contribution >= 0.6 is 0 Å². The van der Waals surface area contributed by atoms with Gasteiger partial charge in [0, 0.05) is 12.5 Å². The minimum atomic E-state index is -0.675. The monoisotopic (exact) mass is 340 g/mol. The molecule has 6 nitrogen and oxygen atoms in total. The van der Waals surface area contributed by atoms with E-state index in [-0.39, 0.29) is 24.9 Å². The molecule has 2 amide bonds. The second-order valence-corrected chi connectivity index (χ2v) is 8.09. The lowest BCUT2D eigenvalue weighted by molar-refractivity contribution is -0.126. The number of nitrogens with zero attached hydrogens (tertiary/aromatic N) is 1. The van der Waals surface area contributed by atoms with E-state index in [0.29, 0.717) is 0 Å². The SMILES string of the molecule is CC(C)(C)OC(=O)N1C[C@H](O)C[C@@H]1C(=O)NC1CCCCCCC1. The van der Waals surface area contributed by atoms with Gasteiger partial charge in [0.15, 0.2) is 0 Å². The zero-order valence-corrected chi connectivity index (χ0v) is 15.2. The van der Waals surface area contributed by atoms with Crippen molar-refractivity contribution in [1.29, 1.82) is 0 Å². The van der Waals surface area contributed by atoms with Crippen molar-refractivity contribution >= 4 is 12.0 Å². The molecule has 2 rings (SSSR count). The summed E-state index contributed by atoms with van der Waals surface area (Å²) in [5.74, 6) is -0.164. The van der Waals surface area contributed by atoms with Crippen molar-refractivity contribution in [1.82, 2.24) is 10.2 Å². The number of hydrogen-bond acceptors (Lipinski definition) is 4. The Bertz CT molecular complexity index is 439. The molecule has 0 spiro atoms. The van der Waals surface area contributed by atoms with Crippen LogP contribution in [0.4, 0.5) is 4.79 Å². The lowest BCUT2D eigenvalue weighted by Gasteiger charge is -2.29. The van der Waals surface area contributed by atoms with Gasteiger partial charge in [-0.25, -0.2) is 4.79 Å². The van der Waals surface area contributed by atoms with E-state index in [4.69, 9.17) is 4.74 Å². The number of aliphatic hydroxyl groups is 1. The van der Waals surface area contributed by atoms with Crippen molar-refractivity contribution in [3.8, 4) is 0 Å². The molecule has 24 heavy (non-hydrogen) atoms. The molecular formula is C18H32N2O4. The Kier molecular flexibility index (Phi) is 6.49. The first-order valence-corrected chi connectivity index (χ1v) is 9.24. The van der Waals surface area contributed by atoms with Gasteiger partial charge in [-0.1, -0.05) is 32.1 Å². The van der Waals surface area contributed by atoms with E-state index in [1.54, 1.807) is 20.8 Å². The normalized spacial score (nSPS) is 26.6. The number of nitrogens with one attached hydrogen (secondary N) is 1. The number of β-amino-alcohol motifs (C(OH)–C–C–N with tert-alkyl or cyclic N) is 1. The van der Waals surface area contributed by atoms with E-state index in [0.717, 1.165) is 25.7 Å². The van der Waals surface area contributed by atoms with Gasteiger partial charge in [-0.05, 0) is 33.6 Å². The van der Waals surface area contributed by atoms with Crippen LogP contribution < -0.4 is 5.32 Å². The van der Waals surface area contributed by atoms with Gasteiger partial charge in [0.1, 0.15) is 11.6 Å². The summed E-state index contributed by atoms with van der Waals surface area (Å²) in [7, 11) is 0. The van der Waals surface area contributed by atoms with Crippen LogP contribution in [-0.2, 0) is 9.53 Å². The molecule has 2 fully saturated rings. The topological polar surface area (TPSA) is 78.9 Å². The first kappa shape index (κ1) is 19.0. The van der Waals surface area contributed by atoms with Crippen molar-refractivity contribution in [2.24, 2.45) is 0 Å². The fourth-order valence-electron chi connectivity index (χ4n) is 3.48. The molecule has 1 saturated heterocycles. The minimum absolute atomic E-state index is 0.150. The molecule has 0 aromatic carbocycles. The second-order valence-electron chi connectivity index (χ2n) is 8.09. The van der Waals surface area contributed by atoms with Gasteiger partial charge in [-0.15, -0.1) is 0 Å². The van der Waals surface area contributed by atoms with E-state index >= 15 is 0 Å². The summed E-state index contributed by atoms with van der Waals surface area (Å²) in [4.78, 5) is 26.4. The van der Waals surface area contributed by atoms with E-state index in [1.165, 1.54) is 24.2 Å². The van der Waals surface area contributed by atoms with Crippen molar-refractivity contribution in [3.63, 3.8) is 0 Å². The fraction of sp³-hybridized carbons (Fsp3) is 0.889. The van der Waals surface area contributed by atoms with E-state index < -0.39 is 23.8 Å². The largest absolute Gasteiger partial charge is 0.444 e. The third kappa shape index (κ3) is 5.65. The molecular weight excluding hydrogens is 308 g/mol. The van der Waals surface area contributed by atoms with Crippen LogP contribution in [0.5, 0.6) is 0 Å². The smallest absolute Gasteiger partial charge is 0.411 e. The Morgan fingerprint density at radius 1 is 1.08 bits per heavy atom. The molecule has 1 aliphatic heterocycles. The number of ether oxygens (including phenoxy) is 1. The molecule has 1 aliphatic carbocycles. The molecule has 2 aliphatic rings. The van der Waals surface area contributed by atoms with E-state index in [2.05, 4.69) is 5.32 Å². The Morgan fingerprint density at radius 3 is 2.25 bits per heavy atom. The first-order chi connectivity index (χ1) is 11.3. The summed E-state index contributed by atoms with van der Waals surface area (Å²) in [6.07, 6.45) is 7.04. The highest BCUT2D eigenvalue weighted by Gasteiger charge is 2.41. The molecule has 138 valence electrons. The summed E-state index contributed by atoms with van der Waals surface area (Å²) in [6.45, 7) is 5.53. The van der Waals surface area contributed by atoms with Gasteiger partial charge in [0.25, 0.3) is 0 Å². The van der Waals surface area contributed by atoms with Crippen LogP contribution in [0.3, 0.4) is 0 Å². The van der Waals surface area contributed by atoms with Crippen LogP contribution in [0.1, 0.15) is 72.1 Å². The Labute approximate surface area is 144 Å². The number of hydrogen-bond donors (Lipinski definition) is 2. The molecule has 0 radical (unpaired) electrons. The molecule has 6 heteroatoms. The van der Waals surface area contributed by atoms with Crippen LogP contribution in [-0.4, -0.2) is 52.3 Å². The zero-order valence-electron chi connectivity index (χ0n) is 15.2. The van der Waals surface area contributed by atoms with Crippen molar-refractivity contribution in [3.05, 3.63) is 0 Å². The van der Waals surface area contributed by atoms with Gasteiger partial charge < -0.3 is 15.2 Å². The van der Waals surface area contributed by atoms with Crippen molar-refractivity contribution in [2.75, 3.05) is 6.54 Å². The lowest BCUT2D eigenvalue weighted by atomic mass is 9.96. The number of likely N-dealkylation sites (tertiary alicyclic amines) is 1. The maximum atomic E-state index is 12.7. The van der Waals surface area contributed by atoms with Crippen LogP contribution in [0, 0.1) is 0 Å². The first-order valence-electron chi connectivity index (χ1n) is 9.24. The quantitative estimate of drug-likeness (QED) is 0.810. The number of carbonyl (C=O) groups is 2. The van der Waals surface area contributed by atoms with Crippen LogP contribution in [0.25, 0.3) is 0 Å². The summed E-state index contributed by atoms with van der Waals surface area (Å²) >= 11 is 0. The van der Waals surface area contributed by atoms with Gasteiger partial charge in [0.05, 0.1) is 12.6 Å². The minimum Gasteiger partial charge on any atom is -0.444 e. The zero-order chi connectivity index (χ0) is 17.7. The van der Waals surface area contributed by atoms with Crippen LogP contribution in [0.15, 0.2) is 0 Å². The van der Waals surface area contributed by atoms with Crippen molar-refractivity contribution < 1.29 is 19.4 Å². The maximum absolute atomic E-state index is 12.7. The van der Waals surface area contributed by atoms with Gasteiger partial charge in [-0.3, -0.25) is 9.69 Å². The maximum Gasteiger partial charge on any atom is 0.411 e. The van der Waals surface area contributed by atoms with Gasteiger partial charge in [0.2, 0.25) is 5.91 Å². The predicted molar refractivity (Wildman–Crippen MR) is 91.6 cm³/mol. The molecule has 2 N–H and O–H groups in total. The molecule has 0 aromatic rings. The molecule has 0 bridgehead atoms. The molecule has 2 atom stereocenters. The Balaban J connectivity index is 1.96. The predicted octanol–water partition coefficient (Wildman–Crippen LogP) is 2.59. The summed E-state index contributed by atoms with van der Waals surface area (Å²) < 4.78 is 5.37. The molecule has 1 saturated carbocycles. The fourth-order valence-corrected chi connectivity index (χ4v) is 3.48. The lowest BCUT2D eigenvalue weighted by Crippen LogP contribution is -2.50. The number of amides is 2. The van der Waals surface area contributed by atoms with E-state index in [1.807, 2.05) is 0 Å².